The third kappa shape index (κ3) is 3.21. The van der Waals surface area contributed by atoms with Crippen molar-refractivity contribution >= 4 is 0 Å². The largest absolute Gasteiger partial charge is 0.497 e. The van der Waals surface area contributed by atoms with Gasteiger partial charge in [0.15, 0.2) is 0 Å². The smallest absolute Gasteiger partial charge is 0.127 e. The zero-order chi connectivity index (χ0) is 14.5. The number of hydrogen-bond acceptors (Lipinski definition) is 6. The molecule has 0 radical (unpaired) electrons. The number of benzene rings is 1. The zero-order valence-electron chi connectivity index (χ0n) is 12.3. The molecule has 0 spiro atoms. The van der Waals surface area contributed by atoms with Crippen LogP contribution in [0.5, 0.6) is 11.5 Å². The Kier molecular flexibility index (Phi) is 5.19. The number of morpholine rings is 1. The monoisotopic (exact) mass is 281 g/mol. The number of ether oxygens (including phenoxy) is 3. The summed E-state index contributed by atoms with van der Waals surface area (Å²) in [4.78, 5) is 2.23. The lowest BCUT2D eigenvalue weighted by atomic mass is 9.99. The van der Waals surface area contributed by atoms with Crippen LogP contribution in [0.25, 0.3) is 0 Å². The molecule has 2 rings (SSSR count). The molecule has 6 nitrogen and oxygen atoms in total. The Bertz CT molecular complexity index is 442. The summed E-state index contributed by atoms with van der Waals surface area (Å²) < 4.78 is 16.5. The van der Waals surface area contributed by atoms with Gasteiger partial charge in [-0.1, -0.05) is 0 Å². The molecule has 1 aliphatic heterocycles. The molecule has 0 amide bonds. The molecule has 2 atom stereocenters. The highest BCUT2D eigenvalue weighted by atomic mass is 16.5. The van der Waals surface area contributed by atoms with Crippen LogP contribution >= 0.6 is 0 Å². The standard InChI is InChI=1S/C14H23N3O3/c1-17-6-7-20-13(9-17)14(16-15)11-5-4-10(18-2)8-12(11)19-3/h4-5,8,13-14,16H,6-7,9,15H2,1-3H3. The lowest BCUT2D eigenvalue weighted by Crippen LogP contribution is -2.48. The second-order valence-electron chi connectivity index (χ2n) is 4.92. The SMILES string of the molecule is COc1ccc(C(NN)C2CN(C)CCO2)c(OC)c1. The second kappa shape index (κ2) is 6.90. The Morgan fingerprint density at radius 2 is 2.20 bits per heavy atom. The molecule has 1 aliphatic rings. The number of nitrogens with zero attached hydrogens (tertiary/aromatic N) is 1. The van der Waals surface area contributed by atoms with E-state index in [1.165, 1.54) is 0 Å². The van der Waals surface area contributed by atoms with Gasteiger partial charge in [-0.3, -0.25) is 11.3 Å². The first-order chi connectivity index (χ1) is 9.69. The maximum Gasteiger partial charge on any atom is 0.127 e. The molecule has 20 heavy (non-hydrogen) atoms. The zero-order valence-corrected chi connectivity index (χ0v) is 12.3. The molecular weight excluding hydrogens is 258 g/mol. The van der Waals surface area contributed by atoms with Crippen molar-refractivity contribution in [2.24, 2.45) is 5.84 Å². The van der Waals surface area contributed by atoms with Crippen molar-refractivity contribution in [3.63, 3.8) is 0 Å². The van der Waals surface area contributed by atoms with E-state index in [4.69, 9.17) is 20.1 Å². The quantitative estimate of drug-likeness (QED) is 0.606. The molecule has 3 N–H and O–H groups in total. The van der Waals surface area contributed by atoms with E-state index >= 15 is 0 Å². The molecule has 2 unspecified atom stereocenters. The van der Waals surface area contributed by atoms with Crippen LogP contribution in [-0.4, -0.2) is 52.0 Å². The fourth-order valence-electron chi connectivity index (χ4n) is 2.49. The summed E-state index contributed by atoms with van der Waals surface area (Å²) in [6.07, 6.45) is -0.0129. The van der Waals surface area contributed by atoms with E-state index < -0.39 is 0 Å². The van der Waals surface area contributed by atoms with Crippen LogP contribution in [0.1, 0.15) is 11.6 Å². The number of hydrazine groups is 1. The molecule has 6 heteroatoms. The molecular formula is C14H23N3O3. The Labute approximate surface area is 119 Å². The predicted molar refractivity (Wildman–Crippen MR) is 76.8 cm³/mol. The minimum atomic E-state index is -0.126. The number of likely N-dealkylation sites (N-methyl/N-ethyl adjacent to an activating group) is 1. The van der Waals surface area contributed by atoms with Gasteiger partial charge < -0.3 is 19.1 Å². The highest BCUT2D eigenvalue weighted by molar-refractivity contribution is 5.43. The number of hydrogen-bond donors (Lipinski definition) is 2. The van der Waals surface area contributed by atoms with Gasteiger partial charge in [-0.15, -0.1) is 0 Å². The van der Waals surface area contributed by atoms with E-state index in [9.17, 15) is 0 Å². The molecule has 0 aliphatic carbocycles. The van der Waals surface area contributed by atoms with Gasteiger partial charge in [-0.25, -0.2) is 0 Å². The lowest BCUT2D eigenvalue weighted by Gasteiger charge is -2.35. The normalized spacial score (nSPS) is 21.5. The minimum Gasteiger partial charge on any atom is -0.497 e. The van der Waals surface area contributed by atoms with Gasteiger partial charge in [0.2, 0.25) is 0 Å². The fourth-order valence-corrected chi connectivity index (χ4v) is 2.49. The van der Waals surface area contributed by atoms with E-state index in [1.54, 1.807) is 14.2 Å². The average molecular weight is 281 g/mol. The van der Waals surface area contributed by atoms with Gasteiger partial charge in [-0.2, -0.15) is 0 Å². The van der Waals surface area contributed by atoms with Gasteiger partial charge in [-0.05, 0) is 19.2 Å². The predicted octanol–water partition coefficient (Wildman–Crippen LogP) is 0.539. The number of nitrogens with two attached hydrogens (primary N) is 1. The highest BCUT2D eigenvalue weighted by Gasteiger charge is 2.29. The molecule has 0 bridgehead atoms. The van der Waals surface area contributed by atoms with E-state index in [0.29, 0.717) is 6.61 Å². The van der Waals surface area contributed by atoms with Gasteiger partial charge in [0.1, 0.15) is 11.5 Å². The summed E-state index contributed by atoms with van der Waals surface area (Å²) in [6, 6.07) is 5.58. The fraction of sp³-hybridized carbons (Fsp3) is 0.571. The first-order valence-corrected chi connectivity index (χ1v) is 6.67. The van der Waals surface area contributed by atoms with Crippen molar-refractivity contribution in [2.75, 3.05) is 41.0 Å². The third-order valence-corrected chi connectivity index (χ3v) is 3.62. The van der Waals surface area contributed by atoms with Crippen molar-refractivity contribution < 1.29 is 14.2 Å². The molecule has 1 fully saturated rings. The van der Waals surface area contributed by atoms with Crippen molar-refractivity contribution in [3.05, 3.63) is 23.8 Å². The van der Waals surface area contributed by atoms with Crippen LogP contribution in [0.2, 0.25) is 0 Å². The topological polar surface area (TPSA) is 69.0 Å². The highest BCUT2D eigenvalue weighted by Crippen LogP contribution is 2.32. The van der Waals surface area contributed by atoms with Gasteiger partial charge >= 0.3 is 0 Å². The first-order valence-electron chi connectivity index (χ1n) is 6.67. The Morgan fingerprint density at radius 3 is 2.80 bits per heavy atom. The van der Waals surface area contributed by atoms with Gasteiger partial charge in [0.25, 0.3) is 0 Å². The van der Waals surface area contributed by atoms with Crippen LogP contribution in [0.4, 0.5) is 0 Å². The van der Waals surface area contributed by atoms with Gasteiger partial charge in [0.05, 0.1) is 33.0 Å². The third-order valence-electron chi connectivity index (χ3n) is 3.62. The van der Waals surface area contributed by atoms with E-state index in [-0.39, 0.29) is 12.1 Å². The number of methoxy groups -OCH3 is 2. The maximum absolute atomic E-state index is 5.84. The van der Waals surface area contributed by atoms with Crippen LogP contribution in [0, 0.1) is 0 Å². The van der Waals surface area contributed by atoms with Crippen LogP contribution in [0.15, 0.2) is 18.2 Å². The molecule has 1 heterocycles. The molecule has 1 aromatic rings. The van der Waals surface area contributed by atoms with E-state index in [2.05, 4.69) is 17.4 Å². The van der Waals surface area contributed by atoms with Crippen LogP contribution in [0.3, 0.4) is 0 Å². The van der Waals surface area contributed by atoms with Crippen molar-refractivity contribution in [3.8, 4) is 11.5 Å². The van der Waals surface area contributed by atoms with Crippen LogP contribution in [-0.2, 0) is 4.74 Å². The number of rotatable bonds is 5. The minimum absolute atomic E-state index is 0.0129. The molecule has 1 saturated heterocycles. The maximum atomic E-state index is 5.84. The summed E-state index contributed by atoms with van der Waals surface area (Å²) in [7, 11) is 5.35. The molecule has 112 valence electrons. The molecule has 0 saturated carbocycles. The first kappa shape index (κ1) is 15.1. The van der Waals surface area contributed by atoms with Crippen LogP contribution < -0.4 is 20.7 Å². The number of nitrogens with one attached hydrogen (secondary N) is 1. The molecule has 0 aromatic heterocycles. The van der Waals surface area contributed by atoms with E-state index in [0.717, 1.165) is 30.2 Å². The molecule has 1 aromatic carbocycles. The summed E-state index contributed by atoms with van der Waals surface area (Å²) >= 11 is 0. The Morgan fingerprint density at radius 1 is 1.40 bits per heavy atom. The lowest BCUT2D eigenvalue weighted by molar-refractivity contribution is -0.0396. The van der Waals surface area contributed by atoms with Gasteiger partial charge in [0, 0.05) is 24.7 Å². The Hall–Kier alpha value is -1.34. The summed E-state index contributed by atoms with van der Waals surface area (Å²) in [5.41, 5.74) is 3.82. The summed E-state index contributed by atoms with van der Waals surface area (Å²) in [5, 5.41) is 0. The second-order valence-corrected chi connectivity index (χ2v) is 4.92. The summed E-state index contributed by atoms with van der Waals surface area (Å²) in [6.45, 7) is 2.47. The van der Waals surface area contributed by atoms with Crippen molar-refractivity contribution in [2.45, 2.75) is 12.1 Å². The average Bonchev–Trinajstić information content (AvgIpc) is 2.48. The van der Waals surface area contributed by atoms with Crippen molar-refractivity contribution in [1.29, 1.82) is 0 Å². The van der Waals surface area contributed by atoms with Crippen molar-refractivity contribution in [1.82, 2.24) is 10.3 Å². The van der Waals surface area contributed by atoms with E-state index in [1.807, 2.05) is 18.2 Å². The summed E-state index contributed by atoms with van der Waals surface area (Å²) in [5.74, 6) is 7.23. The Balaban J connectivity index is 2.26.